The van der Waals surface area contributed by atoms with E-state index < -0.39 is 10.4 Å². The van der Waals surface area contributed by atoms with Crippen molar-refractivity contribution in [3.05, 3.63) is 12.2 Å². The Balaban J connectivity index is 0. The number of quaternary nitrogens is 1. The zero-order chi connectivity index (χ0) is 27.5. The van der Waals surface area contributed by atoms with E-state index in [0.29, 0.717) is 37.1 Å². The molecule has 0 spiro atoms. The lowest BCUT2D eigenvalue weighted by atomic mass is 10.1. The van der Waals surface area contributed by atoms with Gasteiger partial charge in [-0.05, 0) is 32.1 Å². The van der Waals surface area contributed by atoms with Crippen LogP contribution in [0.2, 0.25) is 0 Å². The summed E-state index contributed by atoms with van der Waals surface area (Å²) in [5.41, 5.74) is 0. The summed E-state index contributed by atoms with van der Waals surface area (Å²) in [4.78, 5) is 11.8. The molecular weight excluding hydrogens is 486 g/mol. The van der Waals surface area contributed by atoms with Crippen LogP contribution in [0.15, 0.2) is 12.2 Å². The highest BCUT2D eigenvalue weighted by molar-refractivity contribution is 7.80. The highest BCUT2D eigenvalue weighted by Crippen LogP contribution is 2.10. The lowest BCUT2D eigenvalue weighted by Crippen LogP contribution is -2.50. The Kier molecular flexibility index (Phi) is 26.4. The smallest absolute Gasteiger partial charge is 0.305 e. The zero-order valence-corrected chi connectivity index (χ0v) is 23.8. The van der Waals surface area contributed by atoms with Crippen LogP contribution in [0.5, 0.6) is 0 Å². The highest BCUT2D eigenvalue weighted by Gasteiger charge is 2.20. The summed E-state index contributed by atoms with van der Waals surface area (Å²) in [6, 6.07) is 0. The minimum absolute atomic E-state index is 0.0688. The van der Waals surface area contributed by atoms with Crippen molar-refractivity contribution in [3.8, 4) is 0 Å². The van der Waals surface area contributed by atoms with Crippen molar-refractivity contribution in [3.63, 3.8) is 0 Å². The average Bonchev–Trinajstić information content (AvgIpc) is 2.82. The summed E-state index contributed by atoms with van der Waals surface area (Å²) in [6.45, 7) is 4.49. The average molecular weight is 540 g/mol. The molecule has 0 fully saturated rings. The van der Waals surface area contributed by atoms with Gasteiger partial charge in [0.15, 0.2) is 0 Å². The Bertz CT molecular complexity index is 619. The molecule has 0 amide bonds. The Morgan fingerprint density at radius 3 is 1.72 bits per heavy atom. The molecule has 2 N–H and O–H groups in total. The molecular formula is C26H53NO8S. The van der Waals surface area contributed by atoms with E-state index in [0.717, 1.165) is 20.0 Å². The summed E-state index contributed by atoms with van der Waals surface area (Å²) in [5, 5.41) is 18.3. The van der Waals surface area contributed by atoms with E-state index >= 15 is 0 Å². The van der Waals surface area contributed by atoms with E-state index in [9.17, 15) is 17.8 Å². The van der Waals surface area contributed by atoms with Crippen molar-refractivity contribution in [1.29, 1.82) is 0 Å². The third-order valence-electron chi connectivity index (χ3n) is 6.02. The third kappa shape index (κ3) is 29.2. The molecule has 0 bridgehead atoms. The van der Waals surface area contributed by atoms with E-state index in [1.165, 1.54) is 70.6 Å². The molecule has 0 unspecified atom stereocenters. The first-order valence-corrected chi connectivity index (χ1v) is 14.8. The molecule has 0 aliphatic rings. The van der Waals surface area contributed by atoms with Gasteiger partial charge in [-0.2, -0.15) is 0 Å². The lowest BCUT2D eigenvalue weighted by molar-refractivity contribution is -0.910. The molecule has 0 radical (unpaired) electrons. The number of nitrogens with zero attached hydrogens (tertiary/aromatic N) is 1. The number of hydrogen-bond donors (Lipinski definition) is 2. The van der Waals surface area contributed by atoms with Gasteiger partial charge in [-0.1, -0.05) is 70.4 Å². The summed E-state index contributed by atoms with van der Waals surface area (Å²) in [7, 11) is -1.64. The molecule has 10 heteroatoms. The zero-order valence-electron chi connectivity index (χ0n) is 23.0. The second kappa shape index (κ2) is 25.6. The van der Waals surface area contributed by atoms with E-state index in [-0.39, 0.29) is 19.2 Å². The Hall–Kier alpha value is -1.04. The topological polar surface area (TPSA) is 133 Å². The van der Waals surface area contributed by atoms with Crippen molar-refractivity contribution >= 4 is 16.4 Å². The molecule has 0 aliphatic heterocycles. The molecule has 0 aromatic carbocycles. The Labute approximate surface area is 220 Å². The van der Waals surface area contributed by atoms with E-state index in [1.54, 1.807) is 0 Å². The number of aliphatic hydroxyl groups excluding tert-OH is 2. The van der Waals surface area contributed by atoms with Gasteiger partial charge in [0, 0.05) is 6.42 Å². The van der Waals surface area contributed by atoms with Crippen LogP contribution < -0.4 is 0 Å². The maximum absolute atomic E-state index is 11.8. The predicted octanol–water partition coefficient (Wildman–Crippen LogP) is 4.09. The normalized spacial score (nSPS) is 11.9. The van der Waals surface area contributed by atoms with Gasteiger partial charge in [-0.15, -0.1) is 0 Å². The van der Waals surface area contributed by atoms with Gasteiger partial charge in [0.05, 0.1) is 27.4 Å². The second-order valence-electron chi connectivity index (χ2n) is 9.37. The van der Waals surface area contributed by atoms with Crippen molar-refractivity contribution in [2.24, 2.45) is 0 Å². The number of carbonyl (C=O) groups excluding carboxylic acids is 1. The molecule has 0 saturated heterocycles. The minimum atomic E-state index is -4.41. The van der Waals surface area contributed by atoms with Crippen molar-refractivity contribution < 1.29 is 41.4 Å². The first kappa shape index (κ1) is 37.1. The van der Waals surface area contributed by atoms with Crippen LogP contribution in [0.3, 0.4) is 0 Å². The highest BCUT2D eigenvalue weighted by atomic mass is 32.3. The van der Waals surface area contributed by atoms with Gasteiger partial charge < -0.3 is 24.0 Å². The molecule has 216 valence electrons. The standard InChI is InChI=1S/C25H50NO4.CH4O4S/c1-3-4-5-6-7-8-9-10-11-12-13-14-15-16-17-18-25(29)30-24-21-26(2,19-22-27)20-23-28;1-5-6(2,3)4/h10-11,27-28H,3-9,12-24H2,1-2H3;1H3,(H,2,3,4)/q+1;/p-1/b11-10+;. The van der Waals surface area contributed by atoms with Crippen molar-refractivity contribution in [1.82, 2.24) is 0 Å². The van der Waals surface area contributed by atoms with Crippen LogP contribution in [0.25, 0.3) is 0 Å². The molecule has 0 heterocycles. The maximum atomic E-state index is 11.8. The van der Waals surface area contributed by atoms with Gasteiger partial charge in [0.1, 0.15) is 26.2 Å². The van der Waals surface area contributed by atoms with Crippen molar-refractivity contribution in [2.45, 2.75) is 96.8 Å². The summed E-state index contributed by atoms with van der Waals surface area (Å²) < 4.78 is 36.9. The minimum Gasteiger partial charge on any atom is -0.726 e. The number of likely N-dealkylation sites (N-methyl/N-ethyl adjacent to an activating group) is 1. The van der Waals surface area contributed by atoms with Crippen LogP contribution >= 0.6 is 0 Å². The first-order valence-electron chi connectivity index (χ1n) is 13.5. The second-order valence-corrected chi connectivity index (χ2v) is 10.5. The molecule has 9 nitrogen and oxygen atoms in total. The van der Waals surface area contributed by atoms with Gasteiger partial charge in [-0.25, -0.2) is 8.42 Å². The van der Waals surface area contributed by atoms with E-state index in [4.69, 9.17) is 14.9 Å². The Morgan fingerprint density at radius 1 is 0.833 bits per heavy atom. The number of allylic oxidation sites excluding steroid dienone is 2. The SMILES string of the molecule is CCCCCCCC/C=C/CCCCCCCC(=O)OCC[N+](C)(CCO)CCO.COS(=O)(=O)[O-]. The quantitative estimate of drug-likeness (QED) is 0.0495. The van der Waals surface area contributed by atoms with Gasteiger partial charge in [0.2, 0.25) is 10.4 Å². The maximum Gasteiger partial charge on any atom is 0.305 e. The number of unbranched alkanes of at least 4 members (excludes halogenated alkanes) is 11. The van der Waals surface area contributed by atoms with Crippen LogP contribution in [0.4, 0.5) is 0 Å². The van der Waals surface area contributed by atoms with Gasteiger partial charge >= 0.3 is 5.97 Å². The molecule has 0 aliphatic carbocycles. The van der Waals surface area contributed by atoms with E-state index in [1.807, 2.05) is 7.05 Å². The first-order chi connectivity index (χ1) is 17.1. The number of esters is 1. The largest absolute Gasteiger partial charge is 0.726 e. The van der Waals surface area contributed by atoms with Crippen LogP contribution in [0, 0.1) is 0 Å². The Morgan fingerprint density at radius 2 is 1.28 bits per heavy atom. The number of carbonyl (C=O) groups is 1. The van der Waals surface area contributed by atoms with Crippen LogP contribution in [-0.4, -0.2) is 87.2 Å². The summed E-state index contributed by atoms with van der Waals surface area (Å²) in [6.07, 6.45) is 21.4. The fourth-order valence-electron chi connectivity index (χ4n) is 3.61. The number of rotatable bonds is 23. The van der Waals surface area contributed by atoms with E-state index in [2.05, 4.69) is 23.3 Å². The molecule has 0 atom stereocenters. The van der Waals surface area contributed by atoms with Crippen LogP contribution in [-0.2, 0) is 24.1 Å². The van der Waals surface area contributed by atoms with Crippen molar-refractivity contribution in [2.75, 3.05) is 53.6 Å². The lowest BCUT2D eigenvalue weighted by Gasteiger charge is -2.33. The molecule has 0 aromatic rings. The number of hydrogen-bond acceptors (Lipinski definition) is 8. The molecule has 36 heavy (non-hydrogen) atoms. The molecule has 0 saturated carbocycles. The van der Waals surface area contributed by atoms with Gasteiger partial charge in [0.25, 0.3) is 0 Å². The predicted molar refractivity (Wildman–Crippen MR) is 142 cm³/mol. The summed E-state index contributed by atoms with van der Waals surface area (Å²) in [5.74, 6) is -0.132. The fraction of sp³-hybridized carbons (Fsp3) is 0.885. The molecule has 0 rings (SSSR count). The van der Waals surface area contributed by atoms with Gasteiger partial charge in [-0.3, -0.25) is 8.98 Å². The third-order valence-corrected chi connectivity index (χ3v) is 6.43. The number of ether oxygens (including phenoxy) is 1. The van der Waals surface area contributed by atoms with Crippen LogP contribution in [0.1, 0.15) is 96.8 Å². The molecule has 0 aromatic heterocycles. The summed E-state index contributed by atoms with van der Waals surface area (Å²) >= 11 is 0. The monoisotopic (exact) mass is 539 g/mol. The number of aliphatic hydroxyl groups is 2. The fourth-order valence-corrected chi connectivity index (χ4v) is 3.61.